The largest absolute Gasteiger partial charge is 0.481 e. The molecular weight excluding hydrogens is 318 g/mol. The quantitative estimate of drug-likeness (QED) is 0.818. The molecule has 1 aromatic rings. The average molecular weight is 339 g/mol. The maximum absolute atomic E-state index is 12.4. The van der Waals surface area contributed by atoms with Crippen LogP contribution in [-0.4, -0.2) is 46.7 Å². The number of hydrogen-bond donors (Lipinski definition) is 2. The van der Waals surface area contributed by atoms with Gasteiger partial charge in [0.15, 0.2) is 0 Å². The Labute approximate surface area is 137 Å². The lowest BCUT2D eigenvalue weighted by atomic mass is 9.80. The molecule has 1 aliphatic heterocycles. The van der Waals surface area contributed by atoms with E-state index < -0.39 is 28.1 Å². The van der Waals surface area contributed by atoms with Crippen LogP contribution in [0.5, 0.6) is 0 Å². The van der Waals surface area contributed by atoms with Crippen molar-refractivity contribution in [2.45, 2.75) is 24.7 Å². The summed E-state index contributed by atoms with van der Waals surface area (Å²) in [5, 5.41) is 12.2. The number of carboxylic acid groups (broad SMARTS) is 1. The summed E-state index contributed by atoms with van der Waals surface area (Å²) in [4.78, 5) is 24.5. The van der Waals surface area contributed by atoms with E-state index in [-0.39, 0.29) is 6.54 Å². The van der Waals surface area contributed by atoms with Gasteiger partial charge in [-0.1, -0.05) is 19.1 Å². The summed E-state index contributed by atoms with van der Waals surface area (Å²) in [6, 6.07) is 6.70. The topological polar surface area (TPSA) is 92.7 Å². The van der Waals surface area contributed by atoms with Crippen molar-refractivity contribution in [2.24, 2.45) is 5.41 Å². The molecule has 0 radical (unpaired) electrons. The maximum Gasteiger partial charge on any atom is 0.311 e. The second kappa shape index (κ2) is 7.70. The minimum atomic E-state index is -1.25. The number of carbonyl (C=O) groups is 2. The molecule has 1 amide bonds. The number of nitrogens with one attached hydrogen (secondary N) is 1. The average Bonchev–Trinajstić information content (AvgIpc) is 2.59. The molecule has 0 aliphatic carbocycles. The Balaban J connectivity index is 2.13. The summed E-state index contributed by atoms with van der Waals surface area (Å²) in [7, 11) is -1.25. The van der Waals surface area contributed by atoms with Crippen LogP contribution in [0.3, 0.4) is 0 Å². The molecule has 0 spiro atoms. The van der Waals surface area contributed by atoms with E-state index in [2.05, 4.69) is 5.32 Å². The lowest BCUT2D eigenvalue weighted by Crippen LogP contribution is -2.46. The number of aliphatic carboxylic acids is 1. The van der Waals surface area contributed by atoms with Gasteiger partial charge in [0.2, 0.25) is 0 Å². The van der Waals surface area contributed by atoms with Gasteiger partial charge < -0.3 is 15.2 Å². The molecule has 1 aliphatic rings. The van der Waals surface area contributed by atoms with Crippen LogP contribution in [0.25, 0.3) is 0 Å². The van der Waals surface area contributed by atoms with Gasteiger partial charge >= 0.3 is 5.97 Å². The summed E-state index contributed by atoms with van der Waals surface area (Å²) in [5.41, 5.74) is -0.660. The van der Waals surface area contributed by atoms with E-state index in [9.17, 15) is 18.9 Å². The zero-order chi connectivity index (χ0) is 16.9. The standard InChI is InChI=1S/C16H21NO5S/c1-2-23(21)13-6-4-3-5-12(13)14(18)17-11-16(15(19)20)7-9-22-10-8-16/h3-6H,2,7-11H2,1H3,(H,17,18)(H,19,20). The zero-order valence-corrected chi connectivity index (χ0v) is 13.9. The molecule has 1 aromatic carbocycles. The minimum absolute atomic E-state index is 0.0393. The van der Waals surface area contributed by atoms with Crippen molar-refractivity contribution in [3.63, 3.8) is 0 Å². The van der Waals surface area contributed by atoms with Crippen LogP contribution in [0.4, 0.5) is 0 Å². The molecule has 126 valence electrons. The second-order valence-corrected chi connectivity index (χ2v) is 7.22. The summed E-state index contributed by atoms with van der Waals surface area (Å²) < 4.78 is 17.3. The monoisotopic (exact) mass is 339 g/mol. The van der Waals surface area contributed by atoms with Gasteiger partial charge in [-0.3, -0.25) is 13.8 Å². The molecule has 6 nitrogen and oxygen atoms in total. The molecule has 1 heterocycles. The summed E-state index contributed by atoms with van der Waals surface area (Å²) in [6.45, 7) is 2.57. The molecule has 2 N–H and O–H groups in total. The smallest absolute Gasteiger partial charge is 0.311 e. The predicted octanol–water partition coefficient (Wildman–Crippen LogP) is 1.43. The van der Waals surface area contributed by atoms with Gasteiger partial charge in [-0.05, 0) is 25.0 Å². The summed E-state index contributed by atoms with van der Waals surface area (Å²) in [6.07, 6.45) is 0.732. The number of benzene rings is 1. The Bertz CT molecular complexity index is 610. The van der Waals surface area contributed by atoms with Crippen molar-refractivity contribution < 1.29 is 23.6 Å². The van der Waals surface area contributed by atoms with Crippen molar-refractivity contribution in [2.75, 3.05) is 25.5 Å². The molecule has 0 aromatic heterocycles. The van der Waals surface area contributed by atoms with Gasteiger partial charge in [0.25, 0.3) is 5.91 Å². The van der Waals surface area contributed by atoms with Crippen LogP contribution in [0.2, 0.25) is 0 Å². The molecule has 1 atom stereocenters. The highest BCUT2D eigenvalue weighted by Gasteiger charge is 2.40. The minimum Gasteiger partial charge on any atom is -0.481 e. The van der Waals surface area contributed by atoms with E-state index in [1.165, 1.54) is 0 Å². The summed E-state index contributed by atoms with van der Waals surface area (Å²) >= 11 is 0. The van der Waals surface area contributed by atoms with Crippen LogP contribution in [0.15, 0.2) is 29.2 Å². The normalized spacial score (nSPS) is 18.1. The van der Waals surface area contributed by atoms with Gasteiger partial charge in [-0.2, -0.15) is 0 Å². The molecule has 7 heteroatoms. The zero-order valence-electron chi connectivity index (χ0n) is 13.0. The van der Waals surface area contributed by atoms with Gasteiger partial charge in [0.05, 0.1) is 26.7 Å². The highest BCUT2D eigenvalue weighted by Crippen LogP contribution is 2.30. The molecule has 0 saturated carbocycles. The molecule has 1 saturated heterocycles. The fourth-order valence-corrected chi connectivity index (χ4v) is 3.53. The van der Waals surface area contributed by atoms with Gasteiger partial charge in [0, 0.05) is 25.5 Å². The van der Waals surface area contributed by atoms with Crippen molar-refractivity contribution in [3.05, 3.63) is 29.8 Å². The fourth-order valence-electron chi connectivity index (χ4n) is 2.58. The van der Waals surface area contributed by atoms with Gasteiger partial charge in [-0.25, -0.2) is 0 Å². The second-order valence-electron chi connectivity index (χ2n) is 5.51. The van der Waals surface area contributed by atoms with Crippen molar-refractivity contribution >= 4 is 22.7 Å². The van der Waals surface area contributed by atoms with Crippen LogP contribution in [-0.2, 0) is 20.3 Å². The van der Waals surface area contributed by atoms with Crippen LogP contribution < -0.4 is 5.32 Å². The predicted molar refractivity (Wildman–Crippen MR) is 85.8 cm³/mol. The van der Waals surface area contributed by atoms with E-state index in [0.29, 0.717) is 42.3 Å². The Morgan fingerprint density at radius 3 is 2.57 bits per heavy atom. The molecule has 2 rings (SSSR count). The van der Waals surface area contributed by atoms with Gasteiger partial charge in [0.1, 0.15) is 0 Å². The highest BCUT2D eigenvalue weighted by molar-refractivity contribution is 7.85. The molecule has 1 fully saturated rings. The van der Waals surface area contributed by atoms with E-state index in [1.54, 1.807) is 31.2 Å². The van der Waals surface area contributed by atoms with Gasteiger partial charge in [-0.15, -0.1) is 0 Å². The lowest BCUT2D eigenvalue weighted by molar-refractivity contribution is -0.154. The first-order valence-corrected chi connectivity index (χ1v) is 8.89. The van der Waals surface area contributed by atoms with Crippen molar-refractivity contribution in [3.8, 4) is 0 Å². The highest BCUT2D eigenvalue weighted by atomic mass is 32.2. The third kappa shape index (κ3) is 3.97. The SMILES string of the molecule is CCS(=O)c1ccccc1C(=O)NCC1(C(=O)O)CCOCC1. The molecule has 23 heavy (non-hydrogen) atoms. The fraction of sp³-hybridized carbons (Fsp3) is 0.500. The Kier molecular flexibility index (Phi) is 5.90. The number of carboxylic acids is 1. The van der Waals surface area contributed by atoms with Crippen LogP contribution in [0.1, 0.15) is 30.1 Å². The first-order chi connectivity index (χ1) is 11.0. The third-order valence-corrected chi connectivity index (χ3v) is 5.50. The third-order valence-electron chi connectivity index (χ3n) is 4.13. The Morgan fingerprint density at radius 2 is 1.96 bits per heavy atom. The van der Waals surface area contributed by atoms with E-state index >= 15 is 0 Å². The lowest BCUT2D eigenvalue weighted by Gasteiger charge is -2.33. The van der Waals surface area contributed by atoms with Crippen LogP contribution in [0, 0.1) is 5.41 Å². The first kappa shape index (κ1) is 17.6. The van der Waals surface area contributed by atoms with E-state index in [4.69, 9.17) is 4.74 Å². The van der Waals surface area contributed by atoms with Crippen molar-refractivity contribution in [1.82, 2.24) is 5.32 Å². The molecule has 1 unspecified atom stereocenters. The van der Waals surface area contributed by atoms with Crippen molar-refractivity contribution in [1.29, 1.82) is 0 Å². The number of carbonyl (C=O) groups excluding carboxylic acids is 1. The Morgan fingerprint density at radius 1 is 1.30 bits per heavy atom. The van der Waals surface area contributed by atoms with E-state index in [0.717, 1.165) is 0 Å². The first-order valence-electron chi connectivity index (χ1n) is 7.57. The number of hydrogen-bond acceptors (Lipinski definition) is 4. The number of amides is 1. The maximum atomic E-state index is 12.4. The number of rotatable bonds is 6. The van der Waals surface area contributed by atoms with Crippen LogP contribution >= 0.6 is 0 Å². The number of ether oxygens (including phenoxy) is 1. The molecular formula is C16H21NO5S. The molecule has 0 bridgehead atoms. The Hall–Kier alpha value is -1.73. The van der Waals surface area contributed by atoms with E-state index in [1.807, 2.05) is 0 Å². The summed E-state index contributed by atoms with van der Waals surface area (Å²) in [5.74, 6) is -0.901.